The lowest BCUT2D eigenvalue weighted by Crippen LogP contribution is -2.43. The van der Waals surface area contributed by atoms with E-state index >= 15 is 0 Å². The van der Waals surface area contributed by atoms with Gasteiger partial charge in [-0.3, -0.25) is 9.59 Å². The Bertz CT molecular complexity index is 394. The van der Waals surface area contributed by atoms with Crippen molar-refractivity contribution in [3.63, 3.8) is 0 Å². The third kappa shape index (κ3) is 2.41. The Morgan fingerprint density at radius 3 is 2.32 bits per heavy atom. The van der Waals surface area contributed by atoms with E-state index in [4.69, 9.17) is 4.74 Å². The number of amides is 2. The highest BCUT2D eigenvalue weighted by molar-refractivity contribution is 6.05. The molecule has 0 aromatic rings. The van der Waals surface area contributed by atoms with Crippen molar-refractivity contribution in [3.8, 4) is 0 Å². The monoisotopic (exact) mass is 265 g/mol. The van der Waals surface area contributed by atoms with Crippen LogP contribution in [0.15, 0.2) is 12.7 Å². The van der Waals surface area contributed by atoms with Gasteiger partial charge < -0.3 is 4.74 Å². The molecule has 2 fully saturated rings. The van der Waals surface area contributed by atoms with Crippen LogP contribution in [0.25, 0.3) is 0 Å². The molecular formula is C14H19NO4. The molecule has 0 spiro atoms. The lowest BCUT2D eigenvalue weighted by Gasteiger charge is -2.24. The van der Waals surface area contributed by atoms with Crippen LogP contribution in [-0.4, -0.2) is 28.9 Å². The molecule has 1 aliphatic heterocycles. The number of nitrogens with zero attached hydrogens (tertiary/aromatic N) is 1. The molecular weight excluding hydrogens is 246 g/mol. The van der Waals surface area contributed by atoms with Crippen LogP contribution in [-0.2, 0) is 19.1 Å². The molecule has 1 aliphatic carbocycles. The number of carbonyl (C=O) groups is 3. The molecule has 5 nitrogen and oxygen atoms in total. The summed E-state index contributed by atoms with van der Waals surface area (Å²) in [6.45, 7) is 5.10. The maximum absolute atomic E-state index is 12.3. The van der Waals surface area contributed by atoms with Crippen molar-refractivity contribution in [2.24, 2.45) is 11.8 Å². The average Bonchev–Trinajstić information content (AvgIpc) is 2.69. The number of rotatable bonds is 4. The summed E-state index contributed by atoms with van der Waals surface area (Å²) in [5.41, 5.74) is 0. The Morgan fingerprint density at radius 2 is 1.89 bits per heavy atom. The van der Waals surface area contributed by atoms with E-state index in [2.05, 4.69) is 6.58 Å². The van der Waals surface area contributed by atoms with Crippen LogP contribution in [0.5, 0.6) is 0 Å². The van der Waals surface area contributed by atoms with Crippen LogP contribution in [0.2, 0.25) is 0 Å². The van der Waals surface area contributed by atoms with Crippen LogP contribution in [0.3, 0.4) is 0 Å². The van der Waals surface area contributed by atoms with Crippen molar-refractivity contribution in [3.05, 3.63) is 12.7 Å². The van der Waals surface area contributed by atoms with Gasteiger partial charge in [0.15, 0.2) is 6.23 Å². The second-order valence-electron chi connectivity index (χ2n) is 5.05. The number of hydrogen-bond donors (Lipinski definition) is 0. The molecule has 0 N–H and O–H groups in total. The van der Waals surface area contributed by atoms with Crippen LogP contribution in [0.1, 0.15) is 39.0 Å². The van der Waals surface area contributed by atoms with Gasteiger partial charge in [-0.05, 0) is 12.8 Å². The van der Waals surface area contributed by atoms with E-state index in [-0.39, 0.29) is 23.7 Å². The summed E-state index contributed by atoms with van der Waals surface area (Å²) in [7, 11) is 0. The van der Waals surface area contributed by atoms with Crippen LogP contribution < -0.4 is 0 Å². The molecule has 0 aromatic heterocycles. The first-order valence-corrected chi connectivity index (χ1v) is 6.80. The van der Waals surface area contributed by atoms with Gasteiger partial charge in [0.05, 0.1) is 11.8 Å². The topological polar surface area (TPSA) is 63.7 Å². The summed E-state index contributed by atoms with van der Waals surface area (Å²) in [6.07, 6.45) is 4.14. The summed E-state index contributed by atoms with van der Waals surface area (Å²) in [6, 6.07) is 0. The average molecular weight is 265 g/mol. The van der Waals surface area contributed by atoms with E-state index in [1.807, 2.05) is 0 Å². The van der Waals surface area contributed by atoms with Gasteiger partial charge in [0, 0.05) is 12.5 Å². The van der Waals surface area contributed by atoms with Gasteiger partial charge in [0.1, 0.15) is 0 Å². The van der Waals surface area contributed by atoms with Crippen molar-refractivity contribution >= 4 is 17.8 Å². The van der Waals surface area contributed by atoms with Gasteiger partial charge in [0.2, 0.25) is 11.8 Å². The van der Waals surface area contributed by atoms with E-state index in [9.17, 15) is 14.4 Å². The summed E-state index contributed by atoms with van der Waals surface area (Å²) >= 11 is 0. The van der Waals surface area contributed by atoms with E-state index < -0.39 is 12.2 Å². The maximum Gasteiger partial charge on any atom is 0.332 e. The van der Waals surface area contributed by atoms with Gasteiger partial charge in [-0.1, -0.05) is 26.3 Å². The van der Waals surface area contributed by atoms with E-state index in [1.54, 1.807) is 6.92 Å². The molecule has 3 atom stereocenters. The molecule has 1 saturated carbocycles. The molecule has 0 bridgehead atoms. The summed E-state index contributed by atoms with van der Waals surface area (Å²) in [4.78, 5) is 37.0. The zero-order chi connectivity index (χ0) is 14.0. The van der Waals surface area contributed by atoms with Crippen molar-refractivity contribution in [2.45, 2.75) is 45.3 Å². The zero-order valence-electron chi connectivity index (χ0n) is 11.1. The molecule has 19 heavy (non-hydrogen) atoms. The third-order valence-corrected chi connectivity index (χ3v) is 3.93. The standard InChI is InChI=1S/C14H19NO4/c1-3-11(19-12(16)4-2)15-13(17)9-7-5-6-8-10(9)14(15)18/h4,9-11H,2-3,5-8H2,1H3. The normalized spacial score (nSPS) is 27.9. The second-order valence-corrected chi connectivity index (χ2v) is 5.05. The van der Waals surface area contributed by atoms with E-state index in [0.717, 1.165) is 36.7 Å². The molecule has 5 heteroatoms. The number of carbonyl (C=O) groups excluding carboxylic acids is 3. The van der Waals surface area contributed by atoms with Gasteiger partial charge in [-0.15, -0.1) is 0 Å². The highest BCUT2D eigenvalue weighted by atomic mass is 16.6. The van der Waals surface area contributed by atoms with Gasteiger partial charge >= 0.3 is 5.97 Å². The summed E-state index contributed by atoms with van der Waals surface area (Å²) in [5.74, 6) is -1.39. The summed E-state index contributed by atoms with van der Waals surface area (Å²) < 4.78 is 5.11. The minimum atomic E-state index is -0.795. The van der Waals surface area contributed by atoms with Gasteiger partial charge in [-0.25, -0.2) is 9.69 Å². The van der Waals surface area contributed by atoms with Crippen molar-refractivity contribution in [2.75, 3.05) is 0 Å². The zero-order valence-corrected chi connectivity index (χ0v) is 11.1. The summed E-state index contributed by atoms with van der Waals surface area (Å²) in [5, 5.41) is 0. The van der Waals surface area contributed by atoms with Gasteiger partial charge in [-0.2, -0.15) is 0 Å². The Labute approximate surface area is 112 Å². The highest BCUT2D eigenvalue weighted by Crippen LogP contribution is 2.39. The van der Waals surface area contributed by atoms with Crippen molar-refractivity contribution < 1.29 is 19.1 Å². The molecule has 3 unspecified atom stereocenters. The molecule has 2 amide bonds. The Balaban J connectivity index is 2.18. The Hall–Kier alpha value is -1.65. The number of esters is 1. The lowest BCUT2D eigenvalue weighted by atomic mass is 9.81. The number of likely N-dealkylation sites (tertiary alicyclic amines) is 1. The highest BCUT2D eigenvalue weighted by Gasteiger charge is 2.50. The maximum atomic E-state index is 12.3. The number of fused-ring (bicyclic) bond motifs is 1. The minimum absolute atomic E-state index is 0.182. The smallest absolute Gasteiger partial charge is 0.332 e. The Morgan fingerprint density at radius 1 is 1.37 bits per heavy atom. The number of imide groups is 1. The molecule has 0 aromatic carbocycles. The number of hydrogen-bond acceptors (Lipinski definition) is 4. The van der Waals surface area contributed by atoms with Crippen molar-refractivity contribution in [1.29, 1.82) is 0 Å². The fourth-order valence-corrected chi connectivity index (χ4v) is 2.97. The molecule has 0 radical (unpaired) electrons. The van der Waals surface area contributed by atoms with Crippen LogP contribution in [0, 0.1) is 11.8 Å². The van der Waals surface area contributed by atoms with Crippen LogP contribution in [0.4, 0.5) is 0 Å². The first-order chi connectivity index (χ1) is 9.10. The molecule has 2 aliphatic rings. The minimum Gasteiger partial charge on any atom is -0.438 e. The van der Waals surface area contributed by atoms with Crippen LogP contribution >= 0.6 is 0 Å². The SMILES string of the molecule is C=CC(=O)OC(CC)N1C(=O)C2CCCCC2C1=O. The third-order valence-electron chi connectivity index (χ3n) is 3.93. The number of ether oxygens (including phenoxy) is 1. The Kier molecular flexibility index (Phi) is 4.02. The molecule has 1 saturated heterocycles. The fourth-order valence-electron chi connectivity index (χ4n) is 2.97. The molecule has 104 valence electrons. The quantitative estimate of drug-likeness (QED) is 0.440. The molecule has 2 rings (SSSR count). The van der Waals surface area contributed by atoms with E-state index in [1.165, 1.54) is 0 Å². The predicted molar refractivity (Wildman–Crippen MR) is 67.7 cm³/mol. The predicted octanol–water partition coefficient (Wildman–Crippen LogP) is 1.63. The molecule has 1 heterocycles. The lowest BCUT2D eigenvalue weighted by molar-refractivity contribution is -0.164. The van der Waals surface area contributed by atoms with E-state index in [0.29, 0.717) is 6.42 Å². The first-order valence-electron chi connectivity index (χ1n) is 6.80. The van der Waals surface area contributed by atoms with Gasteiger partial charge in [0.25, 0.3) is 0 Å². The first kappa shape index (κ1) is 13.8. The fraction of sp³-hybridized carbons (Fsp3) is 0.643. The largest absolute Gasteiger partial charge is 0.438 e. The van der Waals surface area contributed by atoms with Crippen molar-refractivity contribution in [1.82, 2.24) is 4.90 Å². The second kappa shape index (κ2) is 5.55.